The zero-order valence-corrected chi connectivity index (χ0v) is 12.0. The van der Waals surface area contributed by atoms with Crippen LogP contribution in [0, 0.1) is 0 Å². The monoisotopic (exact) mass is 291 g/mol. The van der Waals surface area contributed by atoms with Crippen LogP contribution >= 0.6 is 0 Å². The number of sulfone groups is 1. The molecule has 0 aromatic rings. The van der Waals surface area contributed by atoms with Gasteiger partial charge < -0.3 is 10.0 Å². The summed E-state index contributed by atoms with van der Waals surface area (Å²) in [5.74, 6) is -1.43. The van der Waals surface area contributed by atoms with Gasteiger partial charge in [-0.3, -0.25) is 9.59 Å². The van der Waals surface area contributed by atoms with Gasteiger partial charge in [-0.2, -0.15) is 0 Å². The summed E-state index contributed by atoms with van der Waals surface area (Å²) in [7, 11) is -3.12. The number of carbonyl (C=O) groups excluding carboxylic acids is 1. The number of carbonyl (C=O) groups is 2. The molecule has 1 aliphatic rings. The Bertz CT molecular complexity index is 431. The molecule has 7 heteroatoms. The fourth-order valence-electron chi connectivity index (χ4n) is 2.26. The summed E-state index contributed by atoms with van der Waals surface area (Å²) in [5, 5.41) is 8.85. The van der Waals surface area contributed by atoms with Crippen molar-refractivity contribution in [1.29, 1.82) is 0 Å². The van der Waals surface area contributed by atoms with Crippen LogP contribution < -0.4 is 0 Å². The third kappa shape index (κ3) is 5.18. The molecule has 0 bridgehead atoms. The van der Waals surface area contributed by atoms with Crippen molar-refractivity contribution in [3.63, 3.8) is 0 Å². The molecule has 1 fully saturated rings. The number of carboxylic acids is 1. The van der Waals surface area contributed by atoms with Gasteiger partial charge in [-0.15, -0.1) is 0 Å². The first-order valence-electron chi connectivity index (χ1n) is 6.57. The van der Waals surface area contributed by atoms with Gasteiger partial charge in [0.15, 0.2) is 9.84 Å². The predicted molar refractivity (Wildman–Crippen MR) is 70.5 cm³/mol. The van der Waals surface area contributed by atoms with Crippen LogP contribution in [0.15, 0.2) is 0 Å². The molecule has 0 aliphatic carbocycles. The Kier molecular flexibility index (Phi) is 5.78. The highest BCUT2D eigenvalue weighted by Gasteiger charge is 2.35. The molecule has 0 radical (unpaired) electrons. The third-order valence-corrected chi connectivity index (χ3v) is 5.02. The Balaban J connectivity index is 2.66. The maximum Gasteiger partial charge on any atom is 0.323 e. The molecule has 1 amide bonds. The molecule has 110 valence electrons. The van der Waals surface area contributed by atoms with Crippen molar-refractivity contribution in [2.45, 2.75) is 45.1 Å². The van der Waals surface area contributed by atoms with Crippen LogP contribution in [0.1, 0.15) is 39.0 Å². The number of hydrogen-bond acceptors (Lipinski definition) is 4. The van der Waals surface area contributed by atoms with Crippen LogP contribution in [0.4, 0.5) is 0 Å². The van der Waals surface area contributed by atoms with Crippen molar-refractivity contribution in [2.75, 3.05) is 18.1 Å². The molecule has 0 spiro atoms. The molecule has 6 nitrogen and oxygen atoms in total. The summed E-state index contributed by atoms with van der Waals surface area (Å²) in [6.45, 7) is 1.61. The molecule has 1 N–H and O–H groups in total. The topological polar surface area (TPSA) is 91.8 Å². The standard InChI is InChI=1S/C12H21NO5S/c1-2-3-4-5-11(14)13(8-12(15)16)10-6-7-19(17,18)9-10/h10H,2-9H2,1H3,(H,15,16). The Morgan fingerprint density at radius 2 is 2.00 bits per heavy atom. The van der Waals surface area contributed by atoms with Crippen molar-refractivity contribution in [2.24, 2.45) is 0 Å². The number of carboxylic acid groups (broad SMARTS) is 1. The molecule has 1 rings (SSSR count). The van der Waals surface area contributed by atoms with Gasteiger partial charge in [0.2, 0.25) is 5.91 Å². The molecular formula is C12H21NO5S. The average Bonchev–Trinajstić information content (AvgIpc) is 2.66. The van der Waals surface area contributed by atoms with E-state index in [-0.39, 0.29) is 23.8 Å². The van der Waals surface area contributed by atoms with Crippen molar-refractivity contribution < 1.29 is 23.1 Å². The van der Waals surface area contributed by atoms with E-state index in [0.717, 1.165) is 12.8 Å². The summed E-state index contributed by atoms with van der Waals surface area (Å²) in [5.41, 5.74) is 0. The maximum atomic E-state index is 12.0. The van der Waals surface area contributed by atoms with Crippen LogP contribution in [0.25, 0.3) is 0 Å². The highest BCUT2D eigenvalue weighted by atomic mass is 32.2. The van der Waals surface area contributed by atoms with Crippen LogP contribution in [0.3, 0.4) is 0 Å². The SMILES string of the molecule is CCCCCC(=O)N(CC(=O)O)C1CCS(=O)(=O)C1. The van der Waals surface area contributed by atoms with Gasteiger partial charge >= 0.3 is 5.97 Å². The van der Waals surface area contributed by atoms with Crippen LogP contribution in [0.5, 0.6) is 0 Å². The Labute approximate surface area is 113 Å². The molecule has 0 saturated carbocycles. The third-order valence-electron chi connectivity index (χ3n) is 3.27. The van der Waals surface area contributed by atoms with Gasteiger partial charge in [-0.25, -0.2) is 8.42 Å². The quantitative estimate of drug-likeness (QED) is 0.696. The van der Waals surface area contributed by atoms with Crippen LogP contribution in [-0.2, 0) is 19.4 Å². The number of aliphatic carboxylic acids is 1. The molecule has 1 heterocycles. The van der Waals surface area contributed by atoms with Crippen molar-refractivity contribution in [1.82, 2.24) is 4.90 Å². The van der Waals surface area contributed by atoms with E-state index in [9.17, 15) is 18.0 Å². The Hall–Kier alpha value is -1.11. The number of amides is 1. The number of rotatable bonds is 7. The molecule has 1 aliphatic heterocycles. The minimum absolute atomic E-state index is 0.0377. The first kappa shape index (κ1) is 15.9. The first-order valence-corrected chi connectivity index (χ1v) is 8.39. The molecule has 1 saturated heterocycles. The second-order valence-electron chi connectivity index (χ2n) is 4.93. The minimum atomic E-state index is -3.12. The molecule has 0 aromatic carbocycles. The summed E-state index contributed by atoms with van der Waals surface area (Å²) < 4.78 is 22.9. The van der Waals surface area contributed by atoms with Crippen molar-refractivity contribution >= 4 is 21.7 Å². The number of nitrogens with zero attached hydrogens (tertiary/aromatic N) is 1. The van der Waals surface area contributed by atoms with Gasteiger partial charge in [0.25, 0.3) is 0 Å². The van der Waals surface area contributed by atoms with Crippen LogP contribution in [0.2, 0.25) is 0 Å². The van der Waals surface area contributed by atoms with Crippen molar-refractivity contribution in [3.05, 3.63) is 0 Å². The van der Waals surface area contributed by atoms with E-state index in [1.165, 1.54) is 4.90 Å². The van der Waals surface area contributed by atoms with E-state index in [4.69, 9.17) is 5.11 Å². The molecule has 1 atom stereocenters. The lowest BCUT2D eigenvalue weighted by atomic mass is 10.1. The molecule has 1 unspecified atom stereocenters. The Morgan fingerprint density at radius 3 is 2.47 bits per heavy atom. The Morgan fingerprint density at radius 1 is 1.32 bits per heavy atom. The maximum absolute atomic E-state index is 12.0. The summed E-state index contributed by atoms with van der Waals surface area (Å²) >= 11 is 0. The van der Waals surface area contributed by atoms with E-state index < -0.39 is 28.4 Å². The lowest BCUT2D eigenvalue weighted by molar-refractivity contribution is -0.146. The summed E-state index contributed by atoms with van der Waals surface area (Å²) in [4.78, 5) is 24.1. The van der Waals surface area contributed by atoms with Gasteiger partial charge in [0.05, 0.1) is 11.5 Å². The predicted octanol–water partition coefficient (Wildman–Crippen LogP) is 0.667. The van der Waals surface area contributed by atoms with Gasteiger partial charge in [-0.1, -0.05) is 19.8 Å². The summed E-state index contributed by atoms with van der Waals surface area (Å²) in [6.07, 6.45) is 3.23. The van der Waals surface area contributed by atoms with E-state index in [1.54, 1.807) is 0 Å². The van der Waals surface area contributed by atoms with Gasteiger partial charge in [0.1, 0.15) is 6.54 Å². The fourth-order valence-corrected chi connectivity index (χ4v) is 3.99. The highest BCUT2D eigenvalue weighted by molar-refractivity contribution is 7.91. The molecule has 19 heavy (non-hydrogen) atoms. The van der Waals surface area contributed by atoms with E-state index in [2.05, 4.69) is 0 Å². The zero-order valence-electron chi connectivity index (χ0n) is 11.2. The molecule has 0 aromatic heterocycles. The average molecular weight is 291 g/mol. The normalized spacial score (nSPS) is 21.2. The van der Waals surface area contributed by atoms with Gasteiger partial charge in [0, 0.05) is 12.5 Å². The highest BCUT2D eigenvalue weighted by Crippen LogP contribution is 2.19. The second kappa shape index (κ2) is 6.88. The van der Waals surface area contributed by atoms with E-state index in [0.29, 0.717) is 12.8 Å². The van der Waals surface area contributed by atoms with Crippen molar-refractivity contribution in [3.8, 4) is 0 Å². The lowest BCUT2D eigenvalue weighted by Gasteiger charge is -2.26. The van der Waals surface area contributed by atoms with Crippen LogP contribution in [-0.4, -0.2) is 54.4 Å². The van der Waals surface area contributed by atoms with E-state index >= 15 is 0 Å². The first-order chi connectivity index (χ1) is 8.85. The largest absolute Gasteiger partial charge is 0.480 e. The zero-order chi connectivity index (χ0) is 14.5. The fraction of sp³-hybridized carbons (Fsp3) is 0.833. The van der Waals surface area contributed by atoms with Gasteiger partial charge in [-0.05, 0) is 12.8 Å². The lowest BCUT2D eigenvalue weighted by Crippen LogP contribution is -2.44. The molecular weight excluding hydrogens is 270 g/mol. The number of unbranched alkanes of at least 4 members (excludes halogenated alkanes) is 2. The smallest absolute Gasteiger partial charge is 0.323 e. The van der Waals surface area contributed by atoms with E-state index in [1.807, 2.05) is 6.92 Å². The number of hydrogen-bond donors (Lipinski definition) is 1. The summed E-state index contributed by atoms with van der Waals surface area (Å²) in [6, 6.07) is -0.477. The minimum Gasteiger partial charge on any atom is -0.480 e. The second-order valence-corrected chi connectivity index (χ2v) is 7.16.